The Morgan fingerprint density at radius 1 is 1.46 bits per heavy atom. The number of halogens is 2. The molecule has 2 nitrogen and oxygen atoms in total. The van der Waals surface area contributed by atoms with Gasteiger partial charge in [-0.3, -0.25) is 0 Å². The minimum absolute atomic E-state index is 0.0331. The Morgan fingerprint density at radius 2 is 2.31 bits per heavy atom. The Hall–Kier alpha value is -0.770. The molecule has 0 unspecified atom stereocenters. The van der Waals surface area contributed by atoms with Crippen molar-refractivity contribution in [3.05, 3.63) is 24.0 Å². The predicted octanol–water partition coefficient (Wildman–Crippen LogP) is 2.36. The molecular weight excluding hydrogens is 239 g/mol. The van der Waals surface area contributed by atoms with Crippen LogP contribution in [0.4, 0.5) is 4.39 Å². The summed E-state index contributed by atoms with van der Waals surface area (Å²) in [6, 6.07) is 4.27. The van der Waals surface area contributed by atoms with Crippen molar-refractivity contribution < 1.29 is 13.9 Å². The topological polar surface area (TPSA) is 18.5 Å². The van der Waals surface area contributed by atoms with Crippen LogP contribution in [0.1, 0.15) is 0 Å². The highest BCUT2D eigenvalue weighted by atomic mass is 79.9. The van der Waals surface area contributed by atoms with E-state index in [0.717, 1.165) is 0 Å². The van der Waals surface area contributed by atoms with E-state index in [1.807, 2.05) is 0 Å². The fourth-order valence-electron chi connectivity index (χ4n) is 1.17. The Kier molecular flexibility index (Phi) is 2.40. The van der Waals surface area contributed by atoms with E-state index in [9.17, 15) is 4.39 Å². The Morgan fingerprint density at radius 3 is 3.08 bits per heavy atom. The van der Waals surface area contributed by atoms with Crippen LogP contribution in [0.15, 0.2) is 18.2 Å². The standard InChI is InChI=1S/C9H8BrFO2/c10-4-7-5-12-8-2-1-6(11)3-9(8)13-7/h1-3,7H,4-5H2/t7-/m0/s1. The zero-order valence-corrected chi connectivity index (χ0v) is 8.38. The average molecular weight is 247 g/mol. The number of hydrogen-bond donors (Lipinski definition) is 0. The largest absolute Gasteiger partial charge is 0.486 e. The number of rotatable bonds is 1. The van der Waals surface area contributed by atoms with Gasteiger partial charge in [0.1, 0.15) is 18.5 Å². The summed E-state index contributed by atoms with van der Waals surface area (Å²) in [5.41, 5.74) is 0. The van der Waals surface area contributed by atoms with Gasteiger partial charge in [-0.2, -0.15) is 0 Å². The lowest BCUT2D eigenvalue weighted by Gasteiger charge is -2.24. The van der Waals surface area contributed by atoms with E-state index in [2.05, 4.69) is 15.9 Å². The van der Waals surface area contributed by atoms with Crippen LogP contribution in [0.5, 0.6) is 11.5 Å². The first-order valence-electron chi connectivity index (χ1n) is 3.94. The lowest BCUT2D eigenvalue weighted by Crippen LogP contribution is -2.30. The van der Waals surface area contributed by atoms with Gasteiger partial charge in [-0.1, -0.05) is 15.9 Å². The molecule has 1 atom stereocenters. The molecule has 0 radical (unpaired) electrons. The van der Waals surface area contributed by atoms with E-state index in [-0.39, 0.29) is 11.9 Å². The lowest BCUT2D eigenvalue weighted by molar-refractivity contribution is 0.107. The first kappa shape index (κ1) is 8.81. The number of benzene rings is 1. The zero-order valence-electron chi connectivity index (χ0n) is 6.80. The molecule has 1 heterocycles. The average Bonchev–Trinajstić information content (AvgIpc) is 2.16. The molecule has 0 saturated heterocycles. The van der Waals surface area contributed by atoms with Crippen molar-refractivity contribution in [3.8, 4) is 11.5 Å². The van der Waals surface area contributed by atoms with Crippen molar-refractivity contribution in [2.75, 3.05) is 11.9 Å². The summed E-state index contributed by atoms with van der Waals surface area (Å²) in [6.07, 6.45) is -0.0331. The van der Waals surface area contributed by atoms with Crippen LogP contribution >= 0.6 is 15.9 Å². The van der Waals surface area contributed by atoms with Gasteiger partial charge in [0.05, 0.1) is 0 Å². The van der Waals surface area contributed by atoms with Crippen LogP contribution in [0.3, 0.4) is 0 Å². The number of ether oxygens (including phenoxy) is 2. The van der Waals surface area contributed by atoms with Crippen molar-refractivity contribution in [1.82, 2.24) is 0 Å². The third kappa shape index (κ3) is 1.77. The van der Waals surface area contributed by atoms with E-state index in [1.54, 1.807) is 6.07 Å². The zero-order chi connectivity index (χ0) is 9.26. The molecule has 0 N–H and O–H groups in total. The molecule has 13 heavy (non-hydrogen) atoms. The van der Waals surface area contributed by atoms with Gasteiger partial charge in [0, 0.05) is 11.4 Å². The Labute approximate surface area is 83.8 Å². The molecule has 0 amide bonds. The van der Waals surface area contributed by atoms with Crippen LogP contribution in [0.25, 0.3) is 0 Å². The molecule has 1 aliphatic heterocycles. The van der Waals surface area contributed by atoms with Crippen molar-refractivity contribution in [1.29, 1.82) is 0 Å². The summed E-state index contributed by atoms with van der Waals surface area (Å²) < 4.78 is 23.6. The molecule has 70 valence electrons. The predicted molar refractivity (Wildman–Crippen MR) is 50.1 cm³/mol. The fourth-order valence-corrected chi connectivity index (χ4v) is 1.48. The Balaban J connectivity index is 2.27. The maximum atomic E-state index is 12.8. The number of fused-ring (bicyclic) bond motifs is 1. The second kappa shape index (κ2) is 3.54. The maximum absolute atomic E-state index is 12.8. The quantitative estimate of drug-likeness (QED) is 0.709. The lowest BCUT2D eigenvalue weighted by atomic mass is 10.2. The molecule has 1 aromatic carbocycles. The van der Waals surface area contributed by atoms with Gasteiger partial charge in [-0.05, 0) is 12.1 Å². The molecule has 1 aromatic rings. The summed E-state index contributed by atoms with van der Waals surface area (Å²) in [6.45, 7) is 0.504. The van der Waals surface area contributed by atoms with Crippen LogP contribution in [-0.2, 0) is 0 Å². The van der Waals surface area contributed by atoms with Gasteiger partial charge < -0.3 is 9.47 Å². The fraction of sp³-hybridized carbons (Fsp3) is 0.333. The molecule has 2 rings (SSSR count). The van der Waals surface area contributed by atoms with Gasteiger partial charge >= 0.3 is 0 Å². The van der Waals surface area contributed by atoms with Crippen molar-refractivity contribution in [3.63, 3.8) is 0 Å². The second-order valence-electron chi connectivity index (χ2n) is 2.80. The van der Waals surface area contributed by atoms with Crippen LogP contribution in [-0.4, -0.2) is 18.0 Å². The molecule has 1 aliphatic rings. The van der Waals surface area contributed by atoms with E-state index in [0.29, 0.717) is 23.4 Å². The minimum atomic E-state index is -0.308. The summed E-state index contributed by atoms with van der Waals surface area (Å²) in [7, 11) is 0. The molecule has 0 aromatic heterocycles. The molecule has 0 saturated carbocycles. The second-order valence-corrected chi connectivity index (χ2v) is 3.44. The minimum Gasteiger partial charge on any atom is -0.486 e. The summed E-state index contributed by atoms with van der Waals surface area (Å²) in [5, 5.41) is 0.683. The van der Waals surface area contributed by atoms with Crippen LogP contribution < -0.4 is 9.47 Å². The first-order chi connectivity index (χ1) is 6.29. The third-order valence-electron chi connectivity index (χ3n) is 1.80. The molecule has 0 fully saturated rings. The van der Waals surface area contributed by atoms with Crippen molar-refractivity contribution in [2.45, 2.75) is 6.10 Å². The van der Waals surface area contributed by atoms with Crippen LogP contribution in [0.2, 0.25) is 0 Å². The highest BCUT2D eigenvalue weighted by Gasteiger charge is 2.19. The van der Waals surface area contributed by atoms with E-state index in [4.69, 9.17) is 9.47 Å². The van der Waals surface area contributed by atoms with Gasteiger partial charge in [-0.25, -0.2) is 4.39 Å². The SMILES string of the molecule is Fc1ccc2c(c1)O[C@@H](CBr)CO2. The summed E-state index contributed by atoms with van der Waals surface area (Å²) in [5.74, 6) is 0.784. The molecule has 0 spiro atoms. The first-order valence-corrected chi connectivity index (χ1v) is 5.06. The molecule has 4 heteroatoms. The maximum Gasteiger partial charge on any atom is 0.164 e. The smallest absolute Gasteiger partial charge is 0.164 e. The Bertz CT molecular complexity index is 316. The van der Waals surface area contributed by atoms with Crippen molar-refractivity contribution >= 4 is 15.9 Å². The molecule has 0 bridgehead atoms. The van der Waals surface area contributed by atoms with Gasteiger partial charge in [0.15, 0.2) is 11.5 Å². The third-order valence-corrected chi connectivity index (χ3v) is 2.52. The highest BCUT2D eigenvalue weighted by Crippen LogP contribution is 2.32. The van der Waals surface area contributed by atoms with Gasteiger partial charge in [-0.15, -0.1) is 0 Å². The normalized spacial score (nSPS) is 20.0. The summed E-state index contributed by atoms with van der Waals surface area (Å²) in [4.78, 5) is 0. The monoisotopic (exact) mass is 246 g/mol. The van der Waals surface area contributed by atoms with Gasteiger partial charge in [0.25, 0.3) is 0 Å². The summed E-state index contributed by atoms with van der Waals surface area (Å²) >= 11 is 3.28. The van der Waals surface area contributed by atoms with E-state index in [1.165, 1.54) is 12.1 Å². The van der Waals surface area contributed by atoms with Gasteiger partial charge in [0.2, 0.25) is 0 Å². The number of alkyl halides is 1. The number of hydrogen-bond acceptors (Lipinski definition) is 2. The van der Waals surface area contributed by atoms with Crippen molar-refractivity contribution in [2.24, 2.45) is 0 Å². The van der Waals surface area contributed by atoms with Crippen LogP contribution in [0, 0.1) is 5.82 Å². The van der Waals surface area contributed by atoms with E-state index >= 15 is 0 Å². The van der Waals surface area contributed by atoms with E-state index < -0.39 is 0 Å². The highest BCUT2D eigenvalue weighted by molar-refractivity contribution is 9.09. The molecule has 0 aliphatic carbocycles. The molecular formula is C9H8BrFO2.